The van der Waals surface area contributed by atoms with Crippen LogP contribution >= 0.6 is 24.0 Å². The van der Waals surface area contributed by atoms with E-state index in [1.807, 2.05) is 33.3 Å². The van der Waals surface area contributed by atoms with Gasteiger partial charge in [-0.3, -0.25) is 9.89 Å². The fourth-order valence-corrected chi connectivity index (χ4v) is 3.49. The highest BCUT2D eigenvalue weighted by molar-refractivity contribution is 14.0. The van der Waals surface area contributed by atoms with Crippen molar-refractivity contribution in [2.45, 2.75) is 38.9 Å². The highest BCUT2D eigenvalue weighted by Gasteiger charge is 2.32. The van der Waals surface area contributed by atoms with Crippen LogP contribution in [-0.4, -0.2) is 66.3 Å². The molecule has 28 heavy (non-hydrogen) atoms. The molecule has 0 radical (unpaired) electrons. The molecule has 1 aliphatic rings. The molecule has 9 heteroatoms. The summed E-state index contributed by atoms with van der Waals surface area (Å²) in [7, 11) is 4.04. The number of piperidine rings is 1. The van der Waals surface area contributed by atoms with Crippen molar-refractivity contribution >= 4 is 29.9 Å². The van der Waals surface area contributed by atoms with Crippen LogP contribution in [0.2, 0.25) is 0 Å². The van der Waals surface area contributed by atoms with Gasteiger partial charge in [0.2, 0.25) is 0 Å². The largest absolute Gasteiger partial charge is 0.401 e. The summed E-state index contributed by atoms with van der Waals surface area (Å²) < 4.78 is 39.5. The van der Waals surface area contributed by atoms with Crippen molar-refractivity contribution in [2.24, 2.45) is 18.0 Å². The maximum absolute atomic E-state index is 12.5. The fraction of sp³-hybridized carbons (Fsp3) is 0.737. The second-order valence-corrected chi connectivity index (χ2v) is 7.33. The molecule has 2 heterocycles. The Balaban J connectivity index is 0.00000392. The van der Waals surface area contributed by atoms with Gasteiger partial charge in [-0.05, 0) is 57.3 Å². The van der Waals surface area contributed by atoms with Crippen molar-refractivity contribution in [3.8, 4) is 0 Å². The van der Waals surface area contributed by atoms with E-state index in [2.05, 4.69) is 20.9 Å². The Morgan fingerprint density at radius 3 is 2.54 bits per heavy atom. The van der Waals surface area contributed by atoms with Crippen molar-refractivity contribution in [3.05, 3.63) is 24.0 Å². The highest BCUT2D eigenvalue weighted by Crippen LogP contribution is 2.24. The number of aromatic nitrogens is 1. The Morgan fingerprint density at radius 1 is 1.32 bits per heavy atom. The standard InChI is InChI=1S/C19H32F3N5.HI/c1-4-23-18(26(3)14-17-6-5-11-25(17)2)24-10-7-16-8-12-27(13-9-16)15-19(20,21)22;/h5-6,11,16H,4,7-10,12-15H2,1-3H3,(H,23,24);1H. The first kappa shape index (κ1) is 25.1. The fourth-order valence-electron chi connectivity index (χ4n) is 3.49. The molecule has 162 valence electrons. The topological polar surface area (TPSA) is 35.8 Å². The van der Waals surface area contributed by atoms with Crippen molar-refractivity contribution < 1.29 is 13.2 Å². The number of hydrogen-bond donors (Lipinski definition) is 1. The van der Waals surface area contributed by atoms with Gasteiger partial charge < -0.3 is 14.8 Å². The Morgan fingerprint density at radius 2 is 2.00 bits per heavy atom. The van der Waals surface area contributed by atoms with Gasteiger partial charge in [0.25, 0.3) is 0 Å². The Kier molecular flexibility index (Phi) is 10.6. The van der Waals surface area contributed by atoms with Gasteiger partial charge in [-0.25, -0.2) is 0 Å². The molecular weight excluding hydrogens is 482 g/mol. The molecule has 0 bridgehead atoms. The molecular formula is C19H33F3IN5. The van der Waals surface area contributed by atoms with Crippen molar-refractivity contribution in [3.63, 3.8) is 0 Å². The summed E-state index contributed by atoms with van der Waals surface area (Å²) in [6.45, 7) is 4.58. The lowest BCUT2D eigenvalue weighted by Gasteiger charge is -2.32. The maximum atomic E-state index is 12.5. The number of hydrogen-bond acceptors (Lipinski definition) is 2. The number of rotatable bonds is 7. The van der Waals surface area contributed by atoms with Gasteiger partial charge in [-0.15, -0.1) is 24.0 Å². The van der Waals surface area contributed by atoms with E-state index < -0.39 is 12.7 Å². The number of alkyl halides is 3. The zero-order chi connectivity index (χ0) is 19.9. The van der Waals surface area contributed by atoms with Gasteiger partial charge in [0, 0.05) is 39.1 Å². The molecule has 0 unspecified atom stereocenters. The lowest BCUT2D eigenvalue weighted by Crippen LogP contribution is -2.40. The van der Waals surface area contributed by atoms with E-state index in [9.17, 15) is 13.2 Å². The lowest BCUT2D eigenvalue weighted by molar-refractivity contribution is -0.148. The molecule has 1 fully saturated rings. The van der Waals surface area contributed by atoms with Crippen LogP contribution in [0.15, 0.2) is 23.3 Å². The average molecular weight is 515 g/mol. The summed E-state index contributed by atoms with van der Waals surface area (Å²) in [5.74, 6) is 1.33. The molecule has 0 amide bonds. The van der Waals surface area contributed by atoms with Gasteiger partial charge in [0.1, 0.15) is 0 Å². The summed E-state index contributed by atoms with van der Waals surface area (Å²) in [5.41, 5.74) is 1.21. The van der Waals surface area contributed by atoms with Gasteiger partial charge >= 0.3 is 6.18 Å². The number of aryl methyl sites for hydroxylation is 1. The van der Waals surface area contributed by atoms with Crippen molar-refractivity contribution in [1.82, 2.24) is 19.7 Å². The van der Waals surface area contributed by atoms with Gasteiger partial charge in [0.15, 0.2) is 5.96 Å². The van der Waals surface area contributed by atoms with Crippen LogP contribution in [0.25, 0.3) is 0 Å². The quantitative estimate of drug-likeness (QED) is 0.342. The van der Waals surface area contributed by atoms with Crippen molar-refractivity contribution in [2.75, 3.05) is 39.8 Å². The first-order valence-electron chi connectivity index (χ1n) is 9.67. The van der Waals surface area contributed by atoms with Crippen LogP contribution in [0.3, 0.4) is 0 Å². The van der Waals surface area contributed by atoms with Gasteiger partial charge in [0.05, 0.1) is 13.1 Å². The molecule has 0 aromatic carbocycles. The molecule has 5 nitrogen and oxygen atoms in total. The van der Waals surface area contributed by atoms with E-state index in [0.29, 0.717) is 25.6 Å². The molecule has 1 saturated heterocycles. The van der Waals surface area contributed by atoms with Crippen LogP contribution in [0, 0.1) is 5.92 Å². The highest BCUT2D eigenvalue weighted by atomic mass is 127. The number of aliphatic imine (C=N–C) groups is 1. The molecule has 0 spiro atoms. The second-order valence-electron chi connectivity index (χ2n) is 7.33. The van der Waals surface area contributed by atoms with Crippen molar-refractivity contribution in [1.29, 1.82) is 0 Å². The Bertz CT molecular complexity index is 595. The summed E-state index contributed by atoms with van der Waals surface area (Å²) >= 11 is 0. The molecule has 2 rings (SSSR count). The number of halogens is 4. The van der Waals surface area contributed by atoms with E-state index in [1.165, 1.54) is 10.6 Å². The number of likely N-dealkylation sites (tertiary alicyclic amines) is 1. The monoisotopic (exact) mass is 515 g/mol. The first-order chi connectivity index (χ1) is 12.8. The molecule has 1 aliphatic heterocycles. The first-order valence-corrected chi connectivity index (χ1v) is 9.67. The minimum atomic E-state index is -4.10. The van der Waals surface area contributed by atoms with Crippen LogP contribution in [0.1, 0.15) is 31.9 Å². The van der Waals surface area contributed by atoms with Crippen LogP contribution in [0.5, 0.6) is 0 Å². The van der Waals surface area contributed by atoms with E-state index in [4.69, 9.17) is 4.99 Å². The van der Waals surface area contributed by atoms with E-state index in [1.54, 1.807) is 0 Å². The zero-order valence-corrected chi connectivity index (χ0v) is 19.3. The molecule has 0 saturated carbocycles. The van der Waals surface area contributed by atoms with Crippen LogP contribution in [-0.2, 0) is 13.6 Å². The van der Waals surface area contributed by atoms with Gasteiger partial charge in [-0.1, -0.05) is 0 Å². The van der Waals surface area contributed by atoms with E-state index in [0.717, 1.165) is 38.3 Å². The van der Waals surface area contributed by atoms with Gasteiger partial charge in [-0.2, -0.15) is 13.2 Å². The minimum Gasteiger partial charge on any atom is -0.357 e. The predicted molar refractivity (Wildman–Crippen MR) is 118 cm³/mol. The second kappa shape index (κ2) is 11.9. The molecule has 1 aromatic rings. The van der Waals surface area contributed by atoms with Crippen LogP contribution in [0.4, 0.5) is 13.2 Å². The van der Waals surface area contributed by atoms with E-state index in [-0.39, 0.29) is 24.0 Å². The number of nitrogens with one attached hydrogen (secondary N) is 1. The normalized spacial score (nSPS) is 16.7. The number of guanidine groups is 1. The molecule has 1 N–H and O–H groups in total. The minimum absolute atomic E-state index is 0. The molecule has 1 aromatic heterocycles. The van der Waals surface area contributed by atoms with E-state index >= 15 is 0 Å². The maximum Gasteiger partial charge on any atom is 0.401 e. The molecule has 0 aliphatic carbocycles. The summed E-state index contributed by atoms with van der Waals surface area (Å²) in [5, 5.41) is 3.32. The summed E-state index contributed by atoms with van der Waals surface area (Å²) in [4.78, 5) is 8.34. The SMILES string of the molecule is CCNC(=NCCC1CCN(CC(F)(F)F)CC1)N(C)Cc1cccn1C.I. The Labute approximate surface area is 183 Å². The smallest absolute Gasteiger partial charge is 0.357 e. The zero-order valence-electron chi connectivity index (χ0n) is 17.0. The van der Waals surface area contributed by atoms with Crippen LogP contribution < -0.4 is 5.32 Å². The average Bonchev–Trinajstić information content (AvgIpc) is 2.99. The third-order valence-corrected chi connectivity index (χ3v) is 5.06. The summed E-state index contributed by atoms with van der Waals surface area (Å²) in [6, 6.07) is 4.12. The number of nitrogens with zero attached hydrogens (tertiary/aromatic N) is 4. The lowest BCUT2D eigenvalue weighted by atomic mass is 9.93. The predicted octanol–water partition coefficient (Wildman–Crippen LogP) is 3.70. The Hall–Kier alpha value is -0.970. The third kappa shape index (κ3) is 8.59. The third-order valence-electron chi connectivity index (χ3n) is 5.06. The summed E-state index contributed by atoms with van der Waals surface area (Å²) in [6.07, 6.45) is 0.495. The molecule has 0 atom stereocenters.